The summed E-state index contributed by atoms with van der Waals surface area (Å²) in [5, 5.41) is 0.631. The number of aliphatic imine (C=N–C) groups is 1. The molecule has 0 aromatic heterocycles. The third-order valence-electron chi connectivity index (χ3n) is 4.71. The van der Waals surface area contributed by atoms with Gasteiger partial charge < -0.3 is 14.2 Å². The molecule has 0 N–H and O–H groups in total. The molecule has 0 atom stereocenters. The highest BCUT2D eigenvalue weighted by Crippen LogP contribution is 2.22. The summed E-state index contributed by atoms with van der Waals surface area (Å²) >= 11 is 5.89. The van der Waals surface area contributed by atoms with Gasteiger partial charge in [0.05, 0.1) is 13.7 Å². The van der Waals surface area contributed by atoms with Crippen molar-refractivity contribution in [2.24, 2.45) is 4.99 Å². The van der Waals surface area contributed by atoms with Crippen molar-refractivity contribution in [3.05, 3.63) is 100 Å². The van der Waals surface area contributed by atoms with Gasteiger partial charge in [-0.2, -0.15) is 0 Å². The lowest BCUT2D eigenvalue weighted by Crippen LogP contribution is -2.06. The van der Waals surface area contributed by atoms with E-state index in [2.05, 4.69) is 4.99 Å². The van der Waals surface area contributed by atoms with Crippen LogP contribution in [-0.2, 0) is 16.0 Å². The van der Waals surface area contributed by atoms with Gasteiger partial charge in [-0.15, -0.1) is 0 Å². The number of halogens is 1. The molecule has 31 heavy (non-hydrogen) atoms. The number of rotatable bonds is 7. The van der Waals surface area contributed by atoms with Gasteiger partial charge in [0.1, 0.15) is 11.5 Å². The highest BCUT2D eigenvalue weighted by molar-refractivity contribution is 6.30. The monoisotopic (exact) mass is 433 g/mol. The fraction of sp³-hybridized carbons (Fsp3) is 0.120. The molecule has 0 amide bonds. The molecule has 0 spiro atoms. The number of hydrogen-bond acceptors (Lipinski definition) is 5. The minimum atomic E-state index is -0.482. The van der Waals surface area contributed by atoms with E-state index < -0.39 is 5.97 Å². The molecule has 1 heterocycles. The largest absolute Gasteiger partial charge is 0.497 e. The van der Waals surface area contributed by atoms with Crippen LogP contribution in [0.25, 0.3) is 6.08 Å². The van der Waals surface area contributed by atoms with Gasteiger partial charge in [0, 0.05) is 17.0 Å². The van der Waals surface area contributed by atoms with Crippen molar-refractivity contribution in [1.29, 1.82) is 0 Å². The molecule has 0 radical (unpaired) electrons. The van der Waals surface area contributed by atoms with Crippen LogP contribution in [0.2, 0.25) is 5.02 Å². The predicted molar refractivity (Wildman–Crippen MR) is 121 cm³/mol. The van der Waals surface area contributed by atoms with Crippen LogP contribution in [0.3, 0.4) is 0 Å². The lowest BCUT2D eigenvalue weighted by Gasteiger charge is -2.08. The van der Waals surface area contributed by atoms with E-state index in [4.69, 9.17) is 25.8 Å². The summed E-state index contributed by atoms with van der Waals surface area (Å²) in [6.45, 7) is 0.551. The van der Waals surface area contributed by atoms with E-state index >= 15 is 0 Å². The first kappa shape index (κ1) is 20.7. The van der Waals surface area contributed by atoms with Crippen LogP contribution in [0, 0.1) is 0 Å². The van der Waals surface area contributed by atoms with Crippen molar-refractivity contribution in [3.63, 3.8) is 0 Å². The molecular formula is C25H20ClNO4. The van der Waals surface area contributed by atoms with Gasteiger partial charge in [0.15, 0.2) is 5.70 Å². The maximum absolute atomic E-state index is 12.1. The number of hydrogen-bond donors (Lipinski definition) is 0. The van der Waals surface area contributed by atoms with E-state index in [1.165, 1.54) is 5.56 Å². The summed E-state index contributed by atoms with van der Waals surface area (Å²) in [4.78, 5) is 16.5. The zero-order valence-corrected chi connectivity index (χ0v) is 17.6. The Kier molecular flexibility index (Phi) is 6.34. The smallest absolute Gasteiger partial charge is 0.363 e. The molecule has 0 unspecified atom stereocenters. The summed E-state index contributed by atoms with van der Waals surface area (Å²) < 4.78 is 16.3. The van der Waals surface area contributed by atoms with Crippen molar-refractivity contribution in [1.82, 2.24) is 0 Å². The topological polar surface area (TPSA) is 57.1 Å². The van der Waals surface area contributed by atoms with E-state index in [-0.39, 0.29) is 11.6 Å². The Morgan fingerprint density at radius 3 is 2.29 bits per heavy atom. The molecule has 0 saturated carbocycles. The van der Waals surface area contributed by atoms with Gasteiger partial charge in [-0.1, -0.05) is 35.9 Å². The highest BCUT2D eigenvalue weighted by Gasteiger charge is 2.24. The zero-order valence-electron chi connectivity index (χ0n) is 16.9. The molecule has 0 bridgehead atoms. The molecule has 156 valence electrons. The van der Waals surface area contributed by atoms with E-state index in [1.54, 1.807) is 25.3 Å². The van der Waals surface area contributed by atoms with Crippen molar-refractivity contribution >= 4 is 29.5 Å². The molecule has 3 aromatic rings. The maximum atomic E-state index is 12.1. The number of ether oxygens (including phenoxy) is 3. The fourth-order valence-electron chi connectivity index (χ4n) is 3.02. The first-order valence-corrected chi connectivity index (χ1v) is 10.1. The summed E-state index contributed by atoms with van der Waals surface area (Å²) in [5.74, 6) is 1.36. The van der Waals surface area contributed by atoms with Gasteiger partial charge in [-0.25, -0.2) is 9.79 Å². The first-order chi connectivity index (χ1) is 15.1. The molecule has 0 fully saturated rings. The molecule has 4 rings (SSSR count). The molecule has 0 saturated heterocycles. The summed E-state index contributed by atoms with van der Waals surface area (Å²) in [5.41, 5.74) is 2.94. The van der Waals surface area contributed by atoms with Gasteiger partial charge in [0.25, 0.3) is 0 Å². The second-order valence-corrected chi connectivity index (χ2v) is 7.29. The van der Waals surface area contributed by atoms with Gasteiger partial charge >= 0.3 is 5.97 Å². The first-order valence-electron chi connectivity index (χ1n) is 9.75. The summed E-state index contributed by atoms with van der Waals surface area (Å²) in [6.07, 6.45) is 2.46. The number of benzene rings is 3. The zero-order chi connectivity index (χ0) is 21.6. The minimum absolute atomic E-state index is 0.247. The Morgan fingerprint density at radius 2 is 1.61 bits per heavy atom. The number of esters is 1. The van der Waals surface area contributed by atoms with Crippen LogP contribution in [0.1, 0.15) is 16.7 Å². The van der Waals surface area contributed by atoms with Crippen molar-refractivity contribution in [3.8, 4) is 11.5 Å². The average molecular weight is 434 g/mol. The van der Waals surface area contributed by atoms with E-state index in [9.17, 15) is 4.79 Å². The van der Waals surface area contributed by atoms with Crippen LogP contribution in [0.4, 0.5) is 0 Å². The molecule has 1 aliphatic heterocycles. The number of methoxy groups -OCH3 is 1. The van der Waals surface area contributed by atoms with Crippen molar-refractivity contribution in [2.45, 2.75) is 6.42 Å². The Hall–Kier alpha value is -3.57. The molecule has 1 aliphatic rings. The van der Waals surface area contributed by atoms with Gasteiger partial charge in [0.2, 0.25) is 5.90 Å². The SMILES string of the molecule is COc1ccc(CCOc2ccc(C3=N/C(=C\c4ccc(Cl)cc4)C(=O)O3)cc2)cc1. The molecule has 3 aromatic carbocycles. The van der Waals surface area contributed by atoms with Crippen LogP contribution in [0.15, 0.2) is 83.5 Å². The van der Waals surface area contributed by atoms with Gasteiger partial charge in [-0.3, -0.25) is 0 Å². The molecule has 0 aliphatic carbocycles. The number of cyclic esters (lactones) is 1. The lowest BCUT2D eigenvalue weighted by atomic mass is 10.1. The molecule has 6 heteroatoms. The minimum Gasteiger partial charge on any atom is -0.497 e. The van der Waals surface area contributed by atoms with Crippen LogP contribution in [0.5, 0.6) is 11.5 Å². The van der Waals surface area contributed by atoms with Crippen LogP contribution in [-0.4, -0.2) is 25.6 Å². The lowest BCUT2D eigenvalue weighted by molar-refractivity contribution is -0.129. The van der Waals surface area contributed by atoms with Gasteiger partial charge in [-0.05, 0) is 65.7 Å². The third kappa shape index (κ3) is 5.32. The quantitative estimate of drug-likeness (QED) is 0.374. The second-order valence-electron chi connectivity index (χ2n) is 6.86. The van der Waals surface area contributed by atoms with E-state index in [1.807, 2.05) is 60.7 Å². The molecular weight excluding hydrogens is 414 g/mol. The van der Waals surface area contributed by atoms with E-state index in [0.29, 0.717) is 17.2 Å². The summed E-state index contributed by atoms with van der Waals surface area (Å²) in [6, 6.07) is 22.4. The Bertz CT molecular complexity index is 1120. The number of carbonyl (C=O) groups excluding carboxylic acids is 1. The summed E-state index contributed by atoms with van der Waals surface area (Å²) in [7, 11) is 1.65. The molecule has 5 nitrogen and oxygen atoms in total. The Morgan fingerprint density at radius 1 is 0.935 bits per heavy atom. The van der Waals surface area contributed by atoms with Crippen LogP contribution >= 0.6 is 11.6 Å². The fourth-order valence-corrected chi connectivity index (χ4v) is 3.15. The van der Waals surface area contributed by atoms with Crippen LogP contribution < -0.4 is 9.47 Å². The van der Waals surface area contributed by atoms with E-state index in [0.717, 1.165) is 23.5 Å². The third-order valence-corrected chi connectivity index (χ3v) is 4.97. The van der Waals surface area contributed by atoms with Crippen molar-refractivity contribution in [2.75, 3.05) is 13.7 Å². The van der Waals surface area contributed by atoms with Crippen molar-refractivity contribution < 1.29 is 19.0 Å². The Labute approximate surface area is 185 Å². The maximum Gasteiger partial charge on any atom is 0.363 e. The normalized spacial score (nSPS) is 14.3. The second kappa shape index (κ2) is 9.49. The number of nitrogens with zero attached hydrogens (tertiary/aromatic N) is 1. The Balaban J connectivity index is 1.37. The number of carbonyl (C=O) groups is 1. The predicted octanol–water partition coefficient (Wildman–Crippen LogP) is 5.31. The average Bonchev–Trinajstić information content (AvgIpc) is 3.16. The highest BCUT2D eigenvalue weighted by atomic mass is 35.5. The standard InChI is InChI=1S/C25H20ClNO4/c1-29-21-10-4-17(5-11-21)14-15-30-22-12-6-19(7-13-22)24-27-23(25(28)31-24)16-18-2-8-20(26)9-3-18/h2-13,16H,14-15H2,1H3/b23-16-.